The Morgan fingerprint density at radius 1 is 0.444 bits per heavy atom. The zero-order chi connectivity index (χ0) is 27.0. The number of carbonyl (C=O) groups is 2. The van der Waals surface area contributed by atoms with Gasteiger partial charge in [0.05, 0.1) is 0 Å². The van der Waals surface area contributed by atoms with Crippen LogP contribution in [0.3, 0.4) is 0 Å². The normalized spacial score (nSPS) is 12.7. The molecule has 0 aromatic heterocycles. The zero-order valence-corrected chi connectivity index (χ0v) is 24.1. The van der Waals surface area contributed by atoms with E-state index in [0.717, 1.165) is 51.9 Å². The molecule has 6 heteroatoms. The predicted molar refractivity (Wildman–Crippen MR) is 154 cm³/mol. The summed E-state index contributed by atoms with van der Waals surface area (Å²) in [4.78, 5) is 20.5. The summed E-state index contributed by atoms with van der Waals surface area (Å²) >= 11 is 0. The molecule has 0 atom stereocenters. The van der Waals surface area contributed by atoms with Crippen molar-refractivity contribution in [1.29, 1.82) is 0 Å². The van der Waals surface area contributed by atoms with Gasteiger partial charge in [0.25, 0.3) is 0 Å². The number of hydrogen-bond acceptors (Lipinski definition) is 4. The molecule has 0 aromatic rings. The molecule has 0 saturated carbocycles. The number of nitrogens with one attached hydrogen (secondary N) is 2. The summed E-state index contributed by atoms with van der Waals surface area (Å²) in [6, 6.07) is 0. The maximum atomic E-state index is 10.2. The SMILES string of the molecule is C1CNCCN1.CCCCCCCCCCCCC(=O)O.CCCCCCCCCCCCC(=O)O. The zero-order valence-electron chi connectivity index (χ0n) is 24.1. The van der Waals surface area contributed by atoms with E-state index in [9.17, 15) is 9.59 Å². The van der Waals surface area contributed by atoms with Crippen LogP contribution < -0.4 is 10.6 Å². The first-order valence-electron chi connectivity index (χ1n) is 15.4. The van der Waals surface area contributed by atoms with Crippen LogP contribution in [0.5, 0.6) is 0 Å². The number of aliphatic carboxylic acids is 2. The fourth-order valence-corrected chi connectivity index (χ4v) is 4.13. The van der Waals surface area contributed by atoms with Crippen molar-refractivity contribution in [3.05, 3.63) is 0 Å². The van der Waals surface area contributed by atoms with Gasteiger partial charge in [-0.2, -0.15) is 0 Å². The van der Waals surface area contributed by atoms with Crippen LogP contribution in [-0.4, -0.2) is 48.3 Å². The second-order valence-corrected chi connectivity index (χ2v) is 10.2. The van der Waals surface area contributed by atoms with E-state index in [1.54, 1.807) is 0 Å². The fraction of sp³-hybridized carbons (Fsp3) is 0.933. The Bertz CT molecular complexity index is 397. The Balaban J connectivity index is 0. The maximum absolute atomic E-state index is 10.2. The van der Waals surface area contributed by atoms with E-state index in [1.165, 1.54) is 103 Å². The Labute approximate surface area is 223 Å². The first-order chi connectivity index (χ1) is 17.5. The van der Waals surface area contributed by atoms with E-state index in [2.05, 4.69) is 24.5 Å². The summed E-state index contributed by atoms with van der Waals surface area (Å²) < 4.78 is 0. The smallest absolute Gasteiger partial charge is 0.303 e. The Morgan fingerprint density at radius 2 is 0.667 bits per heavy atom. The second-order valence-electron chi connectivity index (χ2n) is 10.2. The monoisotopic (exact) mass is 514 g/mol. The van der Waals surface area contributed by atoms with E-state index in [-0.39, 0.29) is 0 Å². The standard InChI is InChI=1S/2C13H26O2.C4H10N2/c2*1-2-3-4-5-6-7-8-9-10-11-12-13(14)15;1-2-6-4-3-5-1/h2*2-12H2,1H3,(H,14,15);5-6H,1-4H2. The Kier molecular flexibility index (Phi) is 34.8. The van der Waals surface area contributed by atoms with Crippen molar-refractivity contribution >= 4 is 11.9 Å². The molecule has 6 nitrogen and oxygen atoms in total. The molecule has 0 aromatic carbocycles. The van der Waals surface area contributed by atoms with E-state index >= 15 is 0 Å². The number of hydrogen-bond donors (Lipinski definition) is 4. The van der Waals surface area contributed by atoms with Crippen molar-refractivity contribution in [2.75, 3.05) is 26.2 Å². The number of carboxylic acids is 2. The summed E-state index contributed by atoms with van der Waals surface area (Å²) in [7, 11) is 0. The average molecular weight is 515 g/mol. The van der Waals surface area contributed by atoms with Gasteiger partial charge in [0.2, 0.25) is 0 Å². The molecule has 0 aliphatic carbocycles. The molecule has 216 valence electrons. The summed E-state index contributed by atoms with van der Waals surface area (Å²) in [5.41, 5.74) is 0. The molecule has 4 N–H and O–H groups in total. The third kappa shape index (κ3) is 40.0. The highest BCUT2D eigenvalue weighted by Crippen LogP contribution is 2.12. The van der Waals surface area contributed by atoms with Crippen molar-refractivity contribution in [3.8, 4) is 0 Å². The molecule has 0 spiro atoms. The lowest BCUT2D eigenvalue weighted by Gasteiger charge is -2.11. The Hall–Kier alpha value is -1.14. The summed E-state index contributed by atoms with van der Waals surface area (Å²) in [6.45, 7) is 9.03. The molecular formula is C30H62N2O4. The minimum absolute atomic E-state index is 0.344. The third-order valence-electron chi connectivity index (χ3n) is 6.45. The van der Waals surface area contributed by atoms with Crippen LogP contribution in [0, 0.1) is 0 Å². The number of rotatable bonds is 22. The van der Waals surface area contributed by atoms with Crippen molar-refractivity contribution in [3.63, 3.8) is 0 Å². The predicted octanol–water partition coefficient (Wildman–Crippen LogP) is 7.94. The molecule has 0 radical (unpaired) electrons. The van der Waals surface area contributed by atoms with Gasteiger partial charge in [-0.1, -0.05) is 129 Å². The highest BCUT2D eigenvalue weighted by atomic mass is 16.4. The van der Waals surface area contributed by atoms with Gasteiger partial charge < -0.3 is 20.8 Å². The molecule has 1 rings (SSSR count). The van der Waals surface area contributed by atoms with Crippen LogP contribution in [-0.2, 0) is 9.59 Å². The number of unbranched alkanes of at least 4 members (excludes halogenated alkanes) is 18. The van der Waals surface area contributed by atoms with Crippen molar-refractivity contribution in [2.24, 2.45) is 0 Å². The van der Waals surface area contributed by atoms with Gasteiger partial charge in [-0.05, 0) is 12.8 Å². The van der Waals surface area contributed by atoms with Gasteiger partial charge in [0.1, 0.15) is 0 Å². The fourth-order valence-electron chi connectivity index (χ4n) is 4.13. The number of piperazine rings is 1. The molecule has 36 heavy (non-hydrogen) atoms. The summed E-state index contributed by atoms with van der Waals surface area (Å²) in [5, 5.41) is 23.3. The first-order valence-corrected chi connectivity index (χ1v) is 15.4. The molecule has 1 fully saturated rings. The van der Waals surface area contributed by atoms with Crippen LogP contribution in [0.25, 0.3) is 0 Å². The van der Waals surface area contributed by atoms with E-state index in [4.69, 9.17) is 10.2 Å². The van der Waals surface area contributed by atoms with Gasteiger partial charge in [-0.3, -0.25) is 9.59 Å². The molecule has 0 bridgehead atoms. The highest BCUT2D eigenvalue weighted by molar-refractivity contribution is 5.66. The van der Waals surface area contributed by atoms with Gasteiger partial charge >= 0.3 is 11.9 Å². The minimum Gasteiger partial charge on any atom is -0.481 e. The van der Waals surface area contributed by atoms with E-state index < -0.39 is 11.9 Å². The van der Waals surface area contributed by atoms with Gasteiger partial charge in [-0.15, -0.1) is 0 Å². The lowest BCUT2D eigenvalue weighted by Crippen LogP contribution is -2.39. The van der Waals surface area contributed by atoms with Gasteiger partial charge in [0.15, 0.2) is 0 Å². The van der Waals surface area contributed by atoms with E-state index in [1.807, 2.05) is 0 Å². The van der Waals surface area contributed by atoms with Crippen molar-refractivity contribution in [1.82, 2.24) is 10.6 Å². The molecule has 1 aliphatic heterocycles. The molecular weight excluding hydrogens is 452 g/mol. The Morgan fingerprint density at radius 3 is 0.861 bits per heavy atom. The topological polar surface area (TPSA) is 98.7 Å². The van der Waals surface area contributed by atoms with Crippen LogP contribution in [0.1, 0.15) is 155 Å². The largest absolute Gasteiger partial charge is 0.481 e. The quantitative estimate of drug-likeness (QED) is 0.109. The van der Waals surface area contributed by atoms with Gasteiger partial charge in [-0.25, -0.2) is 0 Å². The summed E-state index contributed by atoms with van der Waals surface area (Å²) in [5.74, 6) is -1.32. The average Bonchev–Trinajstić information content (AvgIpc) is 2.88. The van der Waals surface area contributed by atoms with Crippen LogP contribution >= 0.6 is 0 Å². The minimum atomic E-state index is -0.658. The first kappa shape index (κ1) is 37.0. The third-order valence-corrected chi connectivity index (χ3v) is 6.45. The molecule has 1 aliphatic rings. The molecule has 1 heterocycles. The number of carboxylic acid groups (broad SMARTS) is 2. The van der Waals surface area contributed by atoms with Crippen molar-refractivity contribution in [2.45, 2.75) is 155 Å². The highest BCUT2D eigenvalue weighted by Gasteiger charge is 1.97. The van der Waals surface area contributed by atoms with E-state index in [0.29, 0.717) is 12.8 Å². The lowest BCUT2D eigenvalue weighted by atomic mass is 10.1. The van der Waals surface area contributed by atoms with Gasteiger partial charge in [0, 0.05) is 39.0 Å². The molecule has 1 saturated heterocycles. The molecule has 0 amide bonds. The lowest BCUT2D eigenvalue weighted by molar-refractivity contribution is -0.138. The molecule has 0 unspecified atom stereocenters. The maximum Gasteiger partial charge on any atom is 0.303 e. The van der Waals surface area contributed by atoms with Crippen LogP contribution in [0.15, 0.2) is 0 Å². The van der Waals surface area contributed by atoms with Crippen LogP contribution in [0.4, 0.5) is 0 Å². The van der Waals surface area contributed by atoms with Crippen LogP contribution in [0.2, 0.25) is 0 Å². The summed E-state index contributed by atoms with van der Waals surface area (Å²) in [6.07, 6.45) is 25.8. The second kappa shape index (κ2) is 33.9. The van der Waals surface area contributed by atoms with Crippen molar-refractivity contribution < 1.29 is 19.8 Å².